The van der Waals surface area contributed by atoms with Crippen LogP contribution >= 0.6 is 11.8 Å². The first-order valence-corrected chi connectivity index (χ1v) is 8.67. The molecule has 0 amide bonds. The summed E-state index contributed by atoms with van der Waals surface area (Å²) in [4.78, 5) is 16.2. The molecular weight excluding hydrogens is 292 g/mol. The Morgan fingerprint density at radius 1 is 1.18 bits per heavy atom. The summed E-state index contributed by atoms with van der Waals surface area (Å²) in [6.07, 6.45) is 6.73. The molecule has 0 bridgehead atoms. The molecule has 0 N–H and O–H groups in total. The lowest BCUT2D eigenvalue weighted by molar-refractivity contribution is 0.255. The number of hydrogen-bond donors (Lipinski definition) is 0. The Labute approximate surface area is 134 Å². The number of hydrogen-bond acceptors (Lipinski definition) is 5. The van der Waals surface area contributed by atoms with Gasteiger partial charge in [-0.05, 0) is 36.2 Å². The molecule has 0 unspecified atom stereocenters. The Hall–Kier alpha value is -1.88. The average Bonchev–Trinajstić information content (AvgIpc) is 3.15. The van der Waals surface area contributed by atoms with E-state index in [1.54, 1.807) is 0 Å². The fourth-order valence-corrected chi connectivity index (χ4v) is 4.61. The highest BCUT2D eigenvalue weighted by Crippen LogP contribution is 2.48. The van der Waals surface area contributed by atoms with E-state index < -0.39 is 0 Å². The van der Waals surface area contributed by atoms with Crippen LogP contribution in [-0.4, -0.2) is 31.8 Å². The summed E-state index contributed by atoms with van der Waals surface area (Å²) in [6.45, 7) is 2.26. The van der Waals surface area contributed by atoms with Crippen LogP contribution in [0.1, 0.15) is 36.7 Å². The van der Waals surface area contributed by atoms with E-state index in [0.29, 0.717) is 6.04 Å². The van der Waals surface area contributed by atoms with Gasteiger partial charge in [-0.3, -0.25) is 15.0 Å². The minimum Gasteiger partial charge on any atom is -0.338 e. The van der Waals surface area contributed by atoms with E-state index in [9.17, 15) is 0 Å². The molecule has 4 rings (SSSR count). The summed E-state index contributed by atoms with van der Waals surface area (Å²) in [6, 6.07) is 11.1. The van der Waals surface area contributed by atoms with Gasteiger partial charge in [0, 0.05) is 30.4 Å². The smallest absolute Gasteiger partial charge is 0.160 e. The largest absolute Gasteiger partial charge is 0.338 e. The highest BCUT2D eigenvalue weighted by Gasteiger charge is 2.45. The molecule has 0 radical (unpaired) electrons. The molecule has 22 heavy (non-hydrogen) atoms. The minimum atomic E-state index is 0.0699. The zero-order chi connectivity index (χ0) is 14.9. The van der Waals surface area contributed by atoms with Gasteiger partial charge in [0.25, 0.3) is 0 Å². The van der Waals surface area contributed by atoms with Crippen LogP contribution in [0.5, 0.6) is 0 Å². The van der Waals surface area contributed by atoms with Crippen LogP contribution < -0.4 is 0 Å². The average molecular weight is 310 g/mol. The second-order valence-electron chi connectivity index (χ2n) is 5.62. The van der Waals surface area contributed by atoms with Crippen molar-refractivity contribution in [3.8, 4) is 0 Å². The third-order valence-corrected chi connectivity index (χ3v) is 5.50. The quantitative estimate of drug-likeness (QED) is 0.870. The molecule has 2 aromatic rings. The van der Waals surface area contributed by atoms with Gasteiger partial charge in [0.05, 0.1) is 11.7 Å². The van der Waals surface area contributed by atoms with Gasteiger partial charge in [0.1, 0.15) is 6.04 Å². The van der Waals surface area contributed by atoms with Gasteiger partial charge >= 0.3 is 0 Å². The van der Waals surface area contributed by atoms with Crippen molar-refractivity contribution in [2.45, 2.75) is 31.5 Å². The van der Waals surface area contributed by atoms with Crippen molar-refractivity contribution in [2.75, 3.05) is 5.75 Å². The van der Waals surface area contributed by atoms with Gasteiger partial charge in [-0.15, -0.1) is 0 Å². The van der Waals surface area contributed by atoms with Gasteiger partial charge in [-0.25, -0.2) is 0 Å². The zero-order valence-electron chi connectivity index (χ0n) is 12.5. The molecule has 0 spiro atoms. The summed E-state index contributed by atoms with van der Waals surface area (Å²) < 4.78 is 0. The Bertz CT molecular complexity index is 674. The van der Waals surface area contributed by atoms with Gasteiger partial charge in [-0.2, -0.15) is 0 Å². The first-order valence-electron chi connectivity index (χ1n) is 7.68. The van der Waals surface area contributed by atoms with Gasteiger partial charge in [0.2, 0.25) is 0 Å². The first kappa shape index (κ1) is 13.8. The maximum Gasteiger partial charge on any atom is 0.160 e. The van der Waals surface area contributed by atoms with Crippen molar-refractivity contribution < 1.29 is 0 Å². The van der Waals surface area contributed by atoms with E-state index in [4.69, 9.17) is 4.99 Å². The summed E-state index contributed by atoms with van der Waals surface area (Å²) >= 11 is 1.88. The van der Waals surface area contributed by atoms with Crippen LogP contribution in [0.2, 0.25) is 0 Å². The number of pyridine rings is 2. The van der Waals surface area contributed by atoms with E-state index in [1.165, 1.54) is 10.7 Å². The SMILES string of the molecule is CC[C@@H]1CSC2=N[C@H](c3ccccn3)[C@H](c3ccncc3)N21. The molecule has 4 nitrogen and oxygen atoms in total. The Kier molecular flexibility index (Phi) is 3.58. The van der Waals surface area contributed by atoms with Crippen LogP contribution in [0.4, 0.5) is 0 Å². The molecule has 5 heteroatoms. The maximum absolute atomic E-state index is 5.00. The lowest BCUT2D eigenvalue weighted by atomic mass is 9.96. The second-order valence-corrected chi connectivity index (χ2v) is 6.60. The van der Waals surface area contributed by atoms with E-state index >= 15 is 0 Å². The number of rotatable bonds is 3. The van der Waals surface area contributed by atoms with Crippen LogP contribution in [0.3, 0.4) is 0 Å². The van der Waals surface area contributed by atoms with Gasteiger partial charge in [0.15, 0.2) is 5.17 Å². The summed E-state index contributed by atoms with van der Waals surface area (Å²) in [5.41, 5.74) is 2.31. The first-order chi connectivity index (χ1) is 10.9. The van der Waals surface area contributed by atoms with Gasteiger partial charge in [-0.1, -0.05) is 24.8 Å². The Morgan fingerprint density at radius 2 is 2.05 bits per heavy atom. The molecular formula is C17H18N4S. The van der Waals surface area contributed by atoms with Crippen molar-refractivity contribution in [1.29, 1.82) is 0 Å². The number of aromatic nitrogens is 2. The summed E-state index contributed by atoms with van der Waals surface area (Å²) in [5, 5.41) is 1.17. The predicted molar refractivity (Wildman–Crippen MR) is 89.8 cm³/mol. The lowest BCUT2D eigenvalue weighted by Gasteiger charge is -2.31. The highest BCUT2D eigenvalue weighted by atomic mass is 32.2. The molecule has 4 heterocycles. The summed E-state index contributed by atoms with van der Waals surface area (Å²) in [5.74, 6) is 1.13. The predicted octanol–water partition coefficient (Wildman–Crippen LogP) is 3.46. The standard InChI is InChI=1S/C17H18N4S/c1-2-13-11-22-17-20-15(14-5-3-4-8-19-14)16(21(13)17)12-6-9-18-10-7-12/h3-10,13,15-16H,2,11H2,1H3/t13-,15-,16+/m1/s1. The molecule has 2 aromatic heterocycles. The second kappa shape index (κ2) is 5.72. The number of amidine groups is 1. The van der Waals surface area contributed by atoms with Crippen molar-refractivity contribution in [3.63, 3.8) is 0 Å². The highest BCUT2D eigenvalue weighted by molar-refractivity contribution is 8.14. The Morgan fingerprint density at radius 3 is 2.77 bits per heavy atom. The molecule has 1 fully saturated rings. The van der Waals surface area contributed by atoms with Crippen molar-refractivity contribution in [1.82, 2.24) is 14.9 Å². The van der Waals surface area contributed by atoms with E-state index in [1.807, 2.05) is 42.5 Å². The van der Waals surface area contributed by atoms with E-state index in [-0.39, 0.29) is 12.1 Å². The van der Waals surface area contributed by atoms with Crippen LogP contribution in [0.25, 0.3) is 0 Å². The van der Waals surface area contributed by atoms with Gasteiger partial charge < -0.3 is 4.90 Å². The van der Waals surface area contributed by atoms with Crippen LogP contribution in [0.15, 0.2) is 53.9 Å². The third-order valence-electron chi connectivity index (χ3n) is 4.38. The molecule has 112 valence electrons. The number of aliphatic imine (C=N–C) groups is 1. The topological polar surface area (TPSA) is 41.4 Å². The number of fused-ring (bicyclic) bond motifs is 1. The molecule has 0 aliphatic carbocycles. The van der Waals surface area contributed by atoms with Crippen LogP contribution in [-0.2, 0) is 0 Å². The summed E-state index contributed by atoms with van der Waals surface area (Å²) in [7, 11) is 0. The minimum absolute atomic E-state index is 0.0699. The molecule has 0 saturated carbocycles. The van der Waals surface area contributed by atoms with E-state index in [2.05, 4.69) is 40.0 Å². The monoisotopic (exact) mass is 310 g/mol. The van der Waals surface area contributed by atoms with Crippen molar-refractivity contribution >= 4 is 16.9 Å². The Balaban J connectivity index is 1.79. The number of thioether (sulfide) groups is 1. The third kappa shape index (κ3) is 2.20. The molecule has 0 aromatic carbocycles. The molecule has 2 aliphatic heterocycles. The van der Waals surface area contributed by atoms with Crippen molar-refractivity contribution in [3.05, 3.63) is 60.2 Å². The van der Waals surface area contributed by atoms with Crippen molar-refractivity contribution in [2.24, 2.45) is 4.99 Å². The fraction of sp³-hybridized carbons (Fsp3) is 0.353. The zero-order valence-corrected chi connectivity index (χ0v) is 13.3. The molecule has 3 atom stereocenters. The fourth-order valence-electron chi connectivity index (χ4n) is 3.27. The number of nitrogens with zero attached hydrogens (tertiary/aromatic N) is 4. The molecule has 2 aliphatic rings. The van der Waals surface area contributed by atoms with E-state index in [0.717, 1.165) is 17.9 Å². The lowest BCUT2D eigenvalue weighted by Crippen LogP contribution is -2.35. The maximum atomic E-state index is 5.00. The van der Waals surface area contributed by atoms with Crippen LogP contribution in [0, 0.1) is 0 Å². The normalized spacial score (nSPS) is 26.9. The molecule has 1 saturated heterocycles.